The van der Waals surface area contributed by atoms with Gasteiger partial charge in [-0.2, -0.15) is 5.11 Å². The van der Waals surface area contributed by atoms with Gasteiger partial charge in [0, 0.05) is 5.39 Å². The Hall–Kier alpha value is -1.67. The summed E-state index contributed by atoms with van der Waals surface area (Å²) in [5, 5.41) is 18.3. The van der Waals surface area contributed by atoms with Crippen LogP contribution in [0, 0.1) is 13.8 Å². The van der Waals surface area contributed by atoms with Crippen molar-refractivity contribution in [3.8, 4) is 5.75 Å². The number of fused-ring (bicyclic) bond motifs is 1. The first kappa shape index (κ1) is 27.4. The molecule has 0 spiro atoms. The van der Waals surface area contributed by atoms with E-state index in [1.54, 1.807) is 19.1 Å². The molecule has 0 heterocycles. The van der Waals surface area contributed by atoms with Gasteiger partial charge in [0.1, 0.15) is 25.9 Å². The summed E-state index contributed by atoms with van der Waals surface area (Å²) in [4.78, 5) is -1.62. The quantitative estimate of drug-likeness (QED) is 0.260. The summed E-state index contributed by atoms with van der Waals surface area (Å²) < 4.78 is 68.4. The first-order valence-electron chi connectivity index (χ1n) is 8.08. The standard InChI is InChI=1S/C18H16N2O7S2.2Li/c1-10-3-6-15(11(2)7-10)19-20-17-14-5-4-13(28(22,23)24)8-12(14)9-16(18(17)21)29(25,26)27;;/h3-9,21H,1-2H3,(H,22,23,24)(H,25,26,27);;/q;2*+1/p-2. The van der Waals surface area contributed by atoms with Crippen LogP contribution in [-0.2, 0) is 20.2 Å². The van der Waals surface area contributed by atoms with Gasteiger partial charge in [-0.3, -0.25) is 0 Å². The van der Waals surface area contributed by atoms with Gasteiger partial charge in [0.15, 0.2) is 5.75 Å². The van der Waals surface area contributed by atoms with Gasteiger partial charge in [-0.05, 0) is 49.1 Å². The molecule has 0 aliphatic carbocycles. The fourth-order valence-corrected chi connectivity index (χ4v) is 3.91. The smallest absolute Gasteiger partial charge is 0.744 e. The normalized spacial score (nSPS) is 11.9. The van der Waals surface area contributed by atoms with Gasteiger partial charge in [0.2, 0.25) is 0 Å². The molecule has 0 fully saturated rings. The Kier molecular flexibility index (Phi) is 8.71. The number of aryl methyl sites for hydroxylation is 2. The number of benzene rings is 3. The molecule has 3 aromatic carbocycles. The number of phenolic OH excluding ortho intramolecular Hbond substituents is 1. The Morgan fingerprint density at radius 3 is 2.03 bits per heavy atom. The molecule has 13 heteroatoms. The Morgan fingerprint density at radius 2 is 1.48 bits per heavy atom. The van der Waals surface area contributed by atoms with E-state index in [0.717, 1.165) is 29.3 Å². The summed E-state index contributed by atoms with van der Waals surface area (Å²) >= 11 is 0. The summed E-state index contributed by atoms with van der Waals surface area (Å²) in [6, 6.07) is 9.16. The summed E-state index contributed by atoms with van der Waals surface area (Å²) in [7, 11) is -9.95. The number of rotatable bonds is 4. The maximum atomic E-state index is 11.5. The Bertz CT molecular complexity index is 1390. The number of nitrogens with zero attached hydrogens (tertiary/aromatic N) is 2. The third-order valence-corrected chi connectivity index (χ3v) is 5.87. The molecule has 3 rings (SSSR count). The average molecular weight is 448 g/mol. The fraction of sp³-hybridized carbons (Fsp3) is 0.111. The zero-order valence-corrected chi connectivity index (χ0v) is 18.8. The van der Waals surface area contributed by atoms with E-state index in [9.17, 15) is 31.0 Å². The van der Waals surface area contributed by atoms with E-state index in [1.807, 2.05) is 13.0 Å². The molecule has 9 nitrogen and oxygen atoms in total. The molecule has 0 unspecified atom stereocenters. The molecule has 3 aromatic rings. The van der Waals surface area contributed by atoms with E-state index in [1.165, 1.54) is 6.07 Å². The molecule has 0 aliphatic rings. The summed E-state index contributed by atoms with van der Waals surface area (Å²) in [6.07, 6.45) is 0. The zero-order valence-electron chi connectivity index (χ0n) is 17.1. The predicted molar refractivity (Wildman–Crippen MR) is 102 cm³/mol. The van der Waals surface area contributed by atoms with Crippen LogP contribution in [0.15, 0.2) is 62.5 Å². The van der Waals surface area contributed by atoms with Crippen LogP contribution < -0.4 is 37.7 Å². The van der Waals surface area contributed by atoms with E-state index in [2.05, 4.69) is 10.2 Å². The van der Waals surface area contributed by atoms with Crippen LogP contribution in [0.4, 0.5) is 11.4 Å². The van der Waals surface area contributed by atoms with Crippen molar-refractivity contribution >= 4 is 42.4 Å². The SMILES string of the molecule is Cc1ccc(N=Nc2c(O)c(S(=O)(=O)[O-])cc3cc(S(=O)(=O)[O-])ccc23)c(C)c1.[Li+].[Li+]. The first-order chi connectivity index (χ1) is 13.4. The minimum atomic E-state index is -5.12. The molecule has 0 amide bonds. The number of hydrogen-bond donors (Lipinski definition) is 1. The topological polar surface area (TPSA) is 159 Å². The van der Waals surface area contributed by atoms with E-state index >= 15 is 0 Å². The van der Waals surface area contributed by atoms with Crippen molar-refractivity contribution in [1.29, 1.82) is 0 Å². The van der Waals surface area contributed by atoms with Gasteiger partial charge in [0.05, 0.1) is 15.5 Å². The van der Waals surface area contributed by atoms with E-state index in [-0.39, 0.29) is 54.2 Å². The van der Waals surface area contributed by atoms with Crippen LogP contribution in [0.5, 0.6) is 5.75 Å². The van der Waals surface area contributed by atoms with Crippen molar-refractivity contribution in [2.75, 3.05) is 0 Å². The van der Waals surface area contributed by atoms with Gasteiger partial charge < -0.3 is 14.2 Å². The molecule has 0 bridgehead atoms. The maximum absolute atomic E-state index is 11.5. The fourth-order valence-electron chi connectivity index (χ4n) is 2.80. The minimum absolute atomic E-state index is 0. The molecule has 0 radical (unpaired) electrons. The van der Waals surface area contributed by atoms with Crippen LogP contribution in [0.1, 0.15) is 11.1 Å². The van der Waals surface area contributed by atoms with Crippen molar-refractivity contribution in [3.05, 3.63) is 53.6 Å². The van der Waals surface area contributed by atoms with E-state index in [4.69, 9.17) is 0 Å². The second-order valence-electron chi connectivity index (χ2n) is 6.35. The van der Waals surface area contributed by atoms with Gasteiger partial charge in [0.25, 0.3) is 0 Å². The van der Waals surface area contributed by atoms with E-state index < -0.39 is 35.8 Å². The molecule has 0 saturated heterocycles. The van der Waals surface area contributed by atoms with Crippen LogP contribution in [0.2, 0.25) is 0 Å². The van der Waals surface area contributed by atoms with Gasteiger partial charge in [-0.25, -0.2) is 16.8 Å². The molecule has 31 heavy (non-hydrogen) atoms. The van der Waals surface area contributed by atoms with Crippen LogP contribution in [-0.4, -0.2) is 31.0 Å². The Balaban J connectivity index is 0.00000240. The first-order valence-corrected chi connectivity index (χ1v) is 10.9. The molecule has 0 saturated carbocycles. The largest absolute Gasteiger partial charge is 1.00 e. The third-order valence-electron chi connectivity index (χ3n) is 4.19. The van der Waals surface area contributed by atoms with Crippen molar-refractivity contribution in [3.63, 3.8) is 0 Å². The van der Waals surface area contributed by atoms with Crippen molar-refractivity contribution < 1.29 is 68.8 Å². The minimum Gasteiger partial charge on any atom is -0.744 e. The number of hydrogen-bond acceptors (Lipinski definition) is 9. The molecule has 0 aliphatic heterocycles. The van der Waals surface area contributed by atoms with Gasteiger partial charge >= 0.3 is 37.7 Å². The van der Waals surface area contributed by atoms with Crippen molar-refractivity contribution in [2.45, 2.75) is 23.6 Å². The Labute approximate surface area is 203 Å². The molecule has 1 N–H and O–H groups in total. The molecule has 152 valence electrons. The summed E-state index contributed by atoms with van der Waals surface area (Å²) in [6.45, 7) is 3.67. The van der Waals surface area contributed by atoms with Gasteiger partial charge in [-0.1, -0.05) is 23.8 Å². The Morgan fingerprint density at radius 1 is 0.839 bits per heavy atom. The van der Waals surface area contributed by atoms with Gasteiger partial charge in [-0.15, -0.1) is 5.11 Å². The molecule has 0 atom stereocenters. The average Bonchev–Trinajstić information content (AvgIpc) is 2.59. The van der Waals surface area contributed by atoms with E-state index in [0.29, 0.717) is 5.69 Å². The van der Waals surface area contributed by atoms with Crippen molar-refractivity contribution in [1.82, 2.24) is 0 Å². The zero-order chi connectivity index (χ0) is 21.6. The number of phenols is 1. The van der Waals surface area contributed by atoms with Crippen LogP contribution >= 0.6 is 0 Å². The third kappa shape index (κ3) is 5.98. The monoisotopic (exact) mass is 448 g/mol. The molecular formula is C18H14Li2N2O7S2. The number of azo groups is 1. The molecule has 0 aromatic heterocycles. The van der Waals surface area contributed by atoms with Crippen LogP contribution in [0.3, 0.4) is 0 Å². The summed E-state index contributed by atoms with van der Waals surface area (Å²) in [5.74, 6) is -0.918. The van der Waals surface area contributed by atoms with Crippen LogP contribution in [0.25, 0.3) is 10.8 Å². The molecular weight excluding hydrogens is 434 g/mol. The maximum Gasteiger partial charge on any atom is 1.00 e. The summed E-state index contributed by atoms with van der Waals surface area (Å²) in [5.41, 5.74) is 1.86. The second-order valence-corrected chi connectivity index (χ2v) is 9.08. The number of aromatic hydroxyl groups is 1. The van der Waals surface area contributed by atoms with Crippen molar-refractivity contribution in [2.24, 2.45) is 10.2 Å². The predicted octanol–water partition coefficient (Wildman–Crippen LogP) is -2.61. The second kappa shape index (κ2) is 9.86.